The van der Waals surface area contributed by atoms with Crippen LogP contribution in [-0.4, -0.2) is 36.2 Å². The van der Waals surface area contributed by atoms with Crippen LogP contribution in [0.4, 0.5) is 0 Å². The van der Waals surface area contributed by atoms with E-state index in [2.05, 4.69) is 44.0 Å². The third kappa shape index (κ3) is 4.08. The van der Waals surface area contributed by atoms with E-state index in [-0.39, 0.29) is 11.7 Å². The van der Waals surface area contributed by atoms with E-state index in [0.717, 1.165) is 44.2 Å². The molecule has 0 radical (unpaired) electrons. The molecule has 1 aliphatic heterocycles. The minimum absolute atomic E-state index is 0.0775. The second kappa shape index (κ2) is 6.29. The predicted octanol–water partition coefficient (Wildman–Crippen LogP) is 2.70. The molecule has 2 rings (SSSR count). The standard InChI is InChI=1S/C16H28N2O2/c1-6-17-8-14-7-15(19-13(14)3)10-18-9-12(2)20-16(4,5)11-18/h7,12,17H,6,8-11H2,1-5H3. The molecular formula is C16H28N2O2. The van der Waals surface area contributed by atoms with Crippen LogP contribution in [0.1, 0.15) is 44.8 Å². The zero-order valence-electron chi connectivity index (χ0n) is 13.5. The summed E-state index contributed by atoms with van der Waals surface area (Å²) >= 11 is 0. The largest absolute Gasteiger partial charge is 0.465 e. The molecule has 2 heterocycles. The van der Waals surface area contributed by atoms with Crippen molar-refractivity contribution in [3.63, 3.8) is 0 Å². The Morgan fingerprint density at radius 3 is 2.85 bits per heavy atom. The molecule has 0 aliphatic carbocycles. The molecule has 0 saturated carbocycles. The van der Waals surface area contributed by atoms with Gasteiger partial charge in [-0.05, 0) is 40.3 Å². The number of nitrogens with one attached hydrogen (secondary N) is 1. The van der Waals surface area contributed by atoms with Crippen molar-refractivity contribution in [3.05, 3.63) is 23.2 Å². The van der Waals surface area contributed by atoms with Gasteiger partial charge in [0.25, 0.3) is 0 Å². The van der Waals surface area contributed by atoms with E-state index in [1.165, 1.54) is 5.56 Å². The van der Waals surface area contributed by atoms with Crippen molar-refractivity contribution in [1.29, 1.82) is 0 Å². The number of ether oxygens (including phenoxy) is 1. The van der Waals surface area contributed by atoms with Crippen LogP contribution in [-0.2, 0) is 17.8 Å². The number of morpholine rings is 1. The summed E-state index contributed by atoms with van der Waals surface area (Å²) in [6, 6.07) is 2.19. The fraction of sp³-hybridized carbons (Fsp3) is 0.750. The fourth-order valence-corrected chi connectivity index (χ4v) is 3.03. The highest BCUT2D eigenvalue weighted by Crippen LogP contribution is 2.23. The number of furan rings is 1. The molecule has 1 unspecified atom stereocenters. The molecular weight excluding hydrogens is 252 g/mol. The van der Waals surface area contributed by atoms with Crippen LogP contribution in [0.15, 0.2) is 10.5 Å². The van der Waals surface area contributed by atoms with Gasteiger partial charge >= 0.3 is 0 Å². The molecule has 1 saturated heterocycles. The Morgan fingerprint density at radius 1 is 1.45 bits per heavy atom. The number of hydrogen-bond acceptors (Lipinski definition) is 4. The summed E-state index contributed by atoms with van der Waals surface area (Å²) < 4.78 is 11.8. The Labute approximate surface area is 122 Å². The third-order valence-electron chi connectivity index (χ3n) is 3.66. The minimum Gasteiger partial charge on any atom is -0.465 e. The van der Waals surface area contributed by atoms with E-state index < -0.39 is 0 Å². The summed E-state index contributed by atoms with van der Waals surface area (Å²) in [4.78, 5) is 2.42. The Hall–Kier alpha value is -0.840. The van der Waals surface area contributed by atoms with Crippen molar-refractivity contribution >= 4 is 0 Å². The van der Waals surface area contributed by atoms with Crippen molar-refractivity contribution in [2.75, 3.05) is 19.6 Å². The molecule has 4 nitrogen and oxygen atoms in total. The molecule has 4 heteroatoms. The summed E-state index contributed by atoms with van der Waals surface area (Å²) in [5.74, 6) is 2.09. The van der Waals surface area contributed by atoms with Gasteiger partial charge in [-0.1, -0.05) is 6.92 Å². The normalized spacial score (nSPS) is 23.1. The summed E-state index contributed by atoms with van der Waals surface area (Å²) in [5, 5.41) is 3.35. The van der Waals surface area contributed by atoms with Gasteiger partial charge in [0.1, 0.15) is 11.5 Å². The fourth-order valence-electron chi connectivity index (χ4n) is 3.03. The minimum atomic E-state index is -0.0775. The molecule has 20 heavy (non-hydrogen) atoms. The third-order valence-corrected chi connectivity index (χ3v) is 3.66. The van der Waals surface area contributed by atoms with Gasteiger partial charge in [-0.15, -0.1) is 0 Å². The lowest BCUT2D eigenvalue weighted by Crippen LogP contribution is -2.51. The van der Waals surface area contributed by atoms with Gasteiger partial charge in [0.2, 0.25) is 0 Å². The Bertz CT molecular complexity index is 440. The second-order valence-corrected chi connectivity index (χ2v) is 6.43. The Kier molecular flexibility index (Phi) is 4.89. The number of rotatable bonds is 5. The van der Waals surface area contributed by atoms with Crippen LogP contribution < -0.4 is 5.32 Å². The predicted molar refractivity (Wildman–Crippen MR) is 80.7 cm³/mol. The van der Waals surface area contributed by atoms with Gasteiger partial charge in [-0.3, -0.25) is 4.90 Å². The summed E-state index contributed by atoms with van der Waals surface area (Å²) in [6.07, 6.45) is 0.274. The van der Waals surface area contributed by atoms with Gasteiger partial charge in [0.15, 0.2) is 0 Å². The van der Waals surface area contributed by atoms with Crippen LogP contribution in [0.2, 0.25) is 0 Å². The first-order valence-corrected chi connectivity index (χ1v) is 7.58. The summed E-state index contributed by atoms with van der Waals surface area (Å²) in [5.41, 5.74) is 1.19. The van der Waals surface area contributed by atoms with E-state index in [9.17, 15) is 0 Å². The molecule has 0 aromatic carbocycles. The zero-order chi connectivity index (χ0) is 14.8. The van der Waals surface area contributed by atoms with Crippen LogP contribution in [0.3, 0.4) is 0 Å². The van der Waals surface area contributed by atoms with Gasteiger partial charge in [-0.2, -0.15) is 0 Å². The van der Waals surface area contributed by atoms with Crippen LogP contribution in [0.25, 0.3) is 0 Å². The molecule has 1 fully saturated rings. The molecule has 0 bridgehead atoms. The molecule has 1 aromatic rings. The highest BCUT2D eigenvalue weighted by molar-refractivity contribution is 5.20. The van der Waals surface area contributed by atoms with Crippen LogP contribution >= 0.6 is 0 Å². The maximum absolute atomic E-state index is 5.94. The number of hydrogen-bond donors (Lipinski definition) is 1. The summed E-state index contributed by atoms with van der Waals surface area (Å²) in [7, 11) is 0. The van der Waals surface area contributed by atoms with Crippen molar-refractivity contribution in [3.8, 4) is 0 Å². The van der Waals surface area contributed by atoms with E-state index in [1.807, 2.05) is 6.92 Å². The molecule has 114 valence electrons. The van der Waals surface area contributed by atoms with Crippen LogP contribution in [0.5, 0.6) is 0 Å². The second-order valence-electron chi connectivity index (χ2n) is 6.43. The average molecular weight is 280 g/mol. The lowest BCUT2D eigenvalue weighted by Gasteiger charge is -2.41. The van der Waals surface area contributed by atoms with Crippen molar-refractivity contribution < 1.29 is 9.15 Å². The SMILES string of the molecule is CCNCc1cc(CN2CC(C)OC(C)(C)C2)oc1C. The van der Waals surface area contributed by atoms with Gasteiger partial charge in [-0.25, -0.2) is 0 Å². The smallest absolute Gasteiger partial charge is 0.118 e. The first kappa shape index (κ1) is 15.5. The first-order valence-electron chi connectivity index (χ1n) is 7.58. The number of aryl methyl sites for hydroxylation is 1. The molecule has 0 amide bonds. The zero-order valence-corrected chi connectivity index (χ0v) is 13.5. The average Bonchev–Trinajstić information content (AvgIpc) is 2.64. The van der Waals surface area contributed by atoms with E-state index >= 15 is 0 Å². The highest BCUT2D eigenvalue weighted by Gasteiger charge is 2.31. The Balaban J connectivity index is 1.99. The molecule has 1 aromatic heterocycles. The maximum Gasteiger partial charge on any atom is 0.118 e. The lowest BCUT2D eigenvalue weighted by atomic mass is 10.1. The van der Waals surface area contributed by atoms with Crippen molar-refractivity contribution in [1.82, 2.24) is 10.2 Å². The van der Waals surface area contributed by atoms with Crippen molar-refractivity contribution in [2.45, 2.75) is 59.4 Å². The van der Waals surface area contributed by atoms with Crippen LogP contribution in [0, 0.1) is 6.92 Å². The highest BCUT2D eigenvalue weighted by atomic mass is 16.5. The van der Waals surface area contributed by atoms with Gasteiger partial charge < -0.3 is 14.5 Å². The first-order chi connectivity index (χ1) is 9.39. The topological polar surface area (TPSA) is 37.6 Å². The lowest BCUT2D eigenvalue weighted by molar-refractivity contribution is -0.131. The van der Waals surface area contributed by atoms with Gasteiger partial charge in [0, 0.05) is 25.2 Å². The monoisotopic (exact) mass is 280 g/mol. The molecule has 1 atom stereocenters. The van der Waals surface area contributed by atoms with E-state index in [0.29, 0.717) is 0 Å². The number of nitrogens with zero attached hydrogens (tertiary/aromatic N) is 1. The molecule has 1 aliphatic rings. The quantitative estimate of drug-likeness (QED) is 0.900. The molecule has 0 spiro atoms. The van der Waals surface area contributed by atoms with E-state index in [1.54, 1.807) is 0 Å². The Morgan fingerprint density at radius 2 is 2.20 bits per heavy atom. The molecule has 1 N–H and O–H groups in total. The van der Waals surface area contributed by atoms with Gasteiger partial charge in [0.05, 0.1) is 18.2 Å². The van der Waals surface area contributed by atoms with Crippen molar-refractivity contribution in [2.24, 2.45) is 0 Å². The summed E-state index contributed by atoms with van der Waals surface area (Å²) in [6.45, 7) is 15.2. The maximum atomic E-state index is 5.94. The van der Waals surface area contributed by atoms with E-state index in [4.69, 9.17) is 9.15 Å².